The predicted molar refractivity (Wildman–Crippen MR) is 169 cm³/mol. The van der Waals surface area contributed by atoms with Gasteiger partial charge in [-0.15, -0.1) is 0 Å². The Morgan fingerprint density at radius 3 is 2.00 bits per heavy atom. The van der Waals surface area contributed by atoms with Crippen molar-refractivity contribution >= 4 is 16.3 Å². The fraction of sp³-hybridized carbons (Fsp3) is 0.211. The van der Waals surface area contributed by atoms with Gasteiger partial charge in [-0.3, -0.25) is 0 Å². The number of aromatic hydroxyl groups is 3. The summed E-state index contributed by atoms with van der Waals surface area (Å²) in [7, 11) is 0. The molecule has 4 aliphatic rings. The van der Waals surface area contributed by atoms with Crippen molar-refractivity contribution in [3.63, 3.8) is 0 Å². The Hall–Kier alpha value is -5.10. The lowest BCUT2D eigenvalue weighted by molar-refractivity contribution is 0.230. The van der Waals surface area contributed by atoms with E-state index in [1.54, 1.807) is 24.3 Å². The molecule has 1 fully saturated rings. The molecule has 6 nitrogen and oxygen atoms in total. The van der Waals surface area contributed by atoms with Gasteiger partial charge in [0.25, 0.3) is 0 Å². The molecule has 4 aromatic rings. The molecule has 4 aromatic carbocycles. The van der Waals surface area contributed by atoms with Gasteiger partial charge in [0, 0.05) is 45.9 Å². The van der Waals surface area contributed by atoms with Crippen molar-refractivity contribution in [3.8, 4) is 17.2 Å². The molecule has 4 aliphatic carbocycles. The highest BCUT2D eigenvalue weighted by Gasteiger charge is 2.48. The molecule has 1 saturated carbocycles. The van der Waals surface area contributed by atoms with Crippen LogP contribution in [0.4, 0.5) is 0 Å². The van der Waals surface area contributed by atoms with Gasteiger partial charge in [0.2, 0.25) is 0 Å². The molecule has 0 bridgehead atoms. The normalized spacial score (nSPS) is 24.2. The fourth-order valence-corrected chi connectivity index (χ4v) is 8.39. The molecule has 6 heteroatoms. The van der Waals surface area contributed by atoms with E-state index in [1.807, 2.05) is 60.7 Å². The summed E-state index contributed by atoms with van der Waals surface area (Å²) in [5, 5.41) is 70.3. The van der Waals surface area contributed by atoms with Crippen LogP contribution in [0.15, 0.2) is 113 Å². The van der Waals surface area contributed by atoms with Crippen LogP contribution in [-0.4, -0.2) is 30.6 Å². The van der Waals surface area contributed by atoms with Crippen molar-refractivity contribution in [2.45, 2.75) is 37.5 Å². The Morgan fingerprint density at radius 1 is 0.614 bits per heavy atom. The lowest BCUT2D eigenvalue weighted by Crippen LogP contribution is -2.35. The van der Waals surface area contributed by atoms with Crippen LogP contribution < -0.4 is 0 Å². The first-order chi connectivity index (χ1) is 21.4. The molecule has 0 unspecified atom stereocenters. The van der Waals surface area contributed by atoms with Crippen LogP contribution in [-0.2, 0) is 6.42 Å². The third-order valence-corrected chi connectivity index (χ3v) is 10.3. The summed E-state index contributed by atoms with van der Waals surface area (Å²) in [5.41, 5.74) is 4.94. The average Bonchev–Trinajstić information content (AvgIpc) is 3.06. The summed E-state index contributed by atoms with van der Waals surface area (Å²) < 4.78 is 0. The van der Waals surface area contributed by atoms with Crippen LogP contribution in [0.2, 0.25) is 0 Å². The Kier molecular flexibility index (Phi) is 5.85. The molecule has 0 radical (unpaired) electrons. The summed E-state index contributed by atoms with van der Waals surface area (Å²) in [4.78, 5) is 0. The molecule has 0 saturated heterocycles. The second-order valence-electron chi connectivity index (χ2n) is 12.3. The van der Waals surface area contributed by atoms with Crippen molar-refractivity contribution in [2.75, 3.05) is 0 Å². The van der Waals surface area contributed by atoms with Crippen LogP contribution in [0.25, 0.3) is 16.3 Å². The second-order valence-corrected chi connectivity index (χ2v) is 12.3. The van der Waals surface area contributed by atoms with Gasteiger partial charge in [0.05, 0.1) is 5.76 Å². The number of phenols is 3. The quantitative estimate of drug-likeness (QED) is 0.135. The van der Waals surface area contributed by atoms with Crippen LogP contribution in [0.1, 0.15) is 58.9 Å². The third-order valence-electron chi connectivity index (χ3n) is 10.3. The van der Waals surface area contributed by atoms with Gasteiger partial charge in [0.15, 0.2) is 23.0 Å². The van der Waals surface area contributed by atoms with Crippen LogP contribution in [0.5, 0.6) is 17.2 Å². The number of hydrogen-bond donors (Lipinski definition) is 6. The minimum Gasteiger partial charge on any atom is -0.512 e. The van der Waals surface area contributed by atoms with Crippen molar-refractivity contribution < 1.29 is 30.6 Å². The van der Waals surface area contributed by atoms with Gasteiger partial charge in [-0.2, -0.15) is 0 Å². The van der Waals surface area contributed by atoms with Gasteiger partial charge in [-0.05, 0) is 76.9 Å². The molecule has 44 heavy (non-hydrogen) atoms. The molecule has 0 spiro atoms. The highest BCUT2D eigenvalue weighted by atomic mass is 16.3. The zero-order chi connectivity index (χ0) is 30.3. The Bertz CT molecular complexity index is 1980. The molecule has 8 rings (SSSR count). The zero-order valence-electron chi connectivity index (χ0n) is 23.9. The van der Waals surface area contributed by atoms with Crippen LogP contribution in [0.3, 0.4) is 0 Å². The van der Waals surface area contributed by atoms with Crippen LogP contribution >= 0.6 is 0 Å². The molecular weight excluding hydrogens is 552 g/mol. The molecule has 0 heterocycles. The van der Waals surface area contributed by atoms with E-state index in [1.165, 1.54) is 0 Å². The molecule has 4 atom stereocenters. The molecule has 6 N–H and O–H groups in total. The lowest BCUT2D eigenvalue weighted by Gasteiger charge is -2.44. The number of rotatable bonds is 3. The number of allylic oxidation sites excluding steroid dienone is 6. The number of hydrogen-bond acceptors (Lipinski definition) is 6. The summed E-state index contributed by atoms with van der Waals surface area (Å²) in [6.45, 7) is 0. The Morgan fingerprint density at radius 2 is 1.30 bits per heavy atom. The third kappa shape index (κ3) is 3.60. The van der Waals surface area contributed by atoms with Gasteiger partial charge < -0.3 is 30.6 Å². The average molecular weight is 585 g/mol. The number of aliphatic hydroxyl groups excluding tert-OH is 3. The second kappa shape index (κ2) is 9.71. The van der Waals surface area contributed by atoms with Gasteiger partial charge in [0.1, 0.15) is 5.75 Å². The van der Waals surface area contributed by atoms with Crippen molar-refractivity contribution in [1.29, 1.82) is 0 Å². The van der Waals surface area contributed by atoms with E-state index in [9.17, 15) is 30.6 Å². The zero-order valence-corrected chi connectivity index (χ0v) is 23.9. The number of benzene rings is 4. The van der Waals surface area contributed by atoms with Gasteiger partial charge >= 0.3 is 0 Å². The molecule has 220 valence electrons. The molecule has 0 aromatic heterocycles. The highest BCUT2D eigenvalue weighted by molar-refractivity contribution is 6.07. The highest BCUT2D eigenvalue weighted by Crippen LogP contribution is 2.60. The Balaban J connectivity index is 1.43. The van der Waals surface area contributed by atoms with Crippen molar-refractivity contribution in [1.82, 2.24) is 0 Å². The number of aryl methyl sites for hydroxylation is 1. The molecule has 0 aliphatic heterocycles. The molecule has 0 amide bonds. The first kappa shape index (κ1) is 26.5. The fourth-order valence-electron chi connectivity index (χ4n) is 8.39. The first-order valence-electron chi connectivity index (χ1n) is 15.2. The van der Waals surface area contributed by atoms with E-state index >= 15 is 0 Å². The molecular formula is C38H32O6. The lowest BCUT2D eigenvalue weighted by atomic mass is 9.59. The summed E-state index contributed by atoms with van der Waals surface area (Å²) in [6.07, 6.45) is 5.93. The SMILES string of the molecule is OC1=CC=C2C(c3c(O)c(O)c4c5c(c(O)ccc35)CC[C@@H]4c3ccccc3)=C(O)C(O)=C3[C@@H]2[C@@H]1CC[C@@H]3c1ccccc1. The maximum atomic E-state index is 11.8. The van der Waals surface area contributed by atoms with Gasteiger partial charge in [-0.1, -0.05) is 66.7 Å². The van der Waals surface area contributed by atoms with Crippen LogP contribution in [0, 0.1) is 11.8 Å². The maximum absolute atomic E-state index is 11.8. The monoisotopic (exact) mass is 584 g/mol. The summed E-state index contributed by atoms with van der Waals surface area (Å²) in [5.74, 6) is -2.15. The minimum absolute atomic E-state index is 0.107. The predicted octanol–water partition coefficient (Wildman–Crippen LogP) is 8.32. The van der Waals surface area contributed by atoms with E-state index in [-0.39, 0.29) is 57.7 Å². The summed E-state index contributed by atoms with van der Waals surface area (Å²) in [6, 6.07) is 22.9. The Labute approximate surface area is 254 Å². The van der Waals surface area contributed by atoms with Gasteiger partial charge in [-0.25, -0.2) is 0 Å². The number of phenolic OH excluding ortho intramolecular Hbond substituents is 3. The largest absolute Gasteiger partial charge is 0.512 e. The van der Waals surface area contributed by atoms with E-state index in [0.717, 1.165) is 11.1 Å². The minimum atomic E-state index is -0.442. The first-order valence-corrected chi connectivity index (χ1v) is 15.2. The van der Waals surface area contributed by atoms with E-state index in [4.69, 9.17) is 0 Å². The summed E-state index contributed by atoms with van der Waals surface area (Å²) >= 11 is 0. The van der Waals surface area contributed by atoms with Crippen molar-refractivity contribution in [3.05, 3.63) is 141 Å². The smallest absolute Gasteiger partial charge is 0.166 e. The topological polar surface area (TPSA) is 121 Å². The number of aliphatic hydroxyl groups is 3. The van der Waals surface area contributed by atoms with E-state index in [0.29, 0.717) is 58.7 Å². The standard InChI is InChI=1S/C38H32O6/c39-27-17-15-25-29-23(27)13-11-21(19-7-3-1-4-8-19)31(29)35(41)37(43)33(25)34-26-16-18-28(40)24-14-12-22(20-9-5-2-6-10-20)32(30(24)26)36(42)38(34)44/h1-10,15-18,21-23,29,39-44H,11-14H2/t21-,22-,23-,29-/m1/s1. The maximum Gasteiger partial charge on any atom is 0.166 e. The van der Waals surface area contributed by atoms with E-state index in [2.05, 4.69) is 0 Å². The van der Waals surface area contributed by atoms with Crippen molar-refractivity contribution in [2.24, 2.45) is 11.8 Å². The van der Waals surface area contributed by atoms with E-state index < -0.39 is 11.7 Å².